The molecule has 3 aromatic rings. The number of aryl methyl sites for hydroxylation is 1. The lowest BCUT2D eigenvalue weighted by Gasteiger charge is -2.22. The molecule has 2 aromatic carbocycles. The van der Waals surface area contributed by atoms with Crippen molar-refractivity contribution in [2.24, 2.45) is 5.92 Å². The molecule has 156 valence electrons. The summed E-state index contributed by atoms with van der Waals surface area (Å²) in [6.07, 6.45) is 0. The molecule has 0 aliphatic rings. The van der Waals surface area contributed by atoms with E-state index in [1.807, 2.05) is 0 Å². The fraction of sp³-hybridized carbons (Fsp3) is 0.250. The number of hydrogen-bond acceptors (Lipinski definition) is 5. The van der Waals surface area contributed by atoms with E-state index in [9.17, 15) is 14.0 Å². The minimum Gasteiger partial charge on any atom is -0.340 e. The van der Waals surface area contributed by atoms with Gasteiger partial charge >= 0.3 is 0 Å². The lowest BCUT2D eigenvalue weighted by Crippen LogP contribution is -2.47. The summed E-state index contributed by atoms with van der Waals surface area (Å²) in [5, 5.41) is 16.9. The van der Waals surface area contributed by atoms with Gasteiger partial charge in [-0.05, 0) is 65.7 Å². The summed E-state index contributed by atoms with van der Waals surface area (Å²) >= 11 is 5.84. The SMILES string of the molecule is Cc1nnnn1-c1ccc(F)c(NC(=O)C(NC(=O)c2ccc(Cl)cc2)C(C)C)c1. The molecular weight excluding hydrogens is 411 g/mol. The number of nitrogens with one attached hydrogen (secondary N) is 2. The molecule has 2 N–H and O–H groups in total. The van der Waals surface area contributed by atoms with E-state index in [2.05, 4.69) is 26.2 Å². The molecule has 2 amide bonds. The molecule has 30 heavy (non-hydrogen) atoms. The first kappa shape index (κ1) is 21.4. The summed E-state index contributed by atoms with van der Waals surface area (Å²) in [6.45, 7) is 5.26. The third-order valence-corrected chi connectivity index (χ3v) is 4.67. The summed E-state index contributed by atoms with van der Waals surface area (Å²) in [7, 11) is 0. The van der Waals surface area contributed by atoms with E-state index in [1.165, 1.54) is 22.9 Å². The largest absolute Gasteiger partial charge is 0.340 e. The molecule has 10 heteroatoms. The molecule has 0 saturated carbocycles. The van der Waals surface area contributed by atoms with Crippen molar-refractivity contribution < 1.29 is 14.0 Å². The Balaban J connectivity index is 1.79. The molecular formula is C20H20ClFN6O2. The van der Waals surface area contributed by atoms with Crippen LogP contribution < -0.4 is 10.6 Å². The van der Waals surface area contributed by atoms with Gasteiger partial charge in [0.25, 0.3) is 5.91 Å². The summed E-state index contributed by atoms with van der Waals surface area (Å²) in [5.41, 5.74) is 0.805. The van der Waals surface area contributed by atoms with Gasteiger partial charge in [0.1, 0.15) is 11.9 Å². The fourth-order valence-electron chi connectivity index (χ4n) is 2.78. The Labute approximate surface area is 177 Å². The average molecular weight is 431 g/mol. The topological polar surface area (TPSA) is 102 Å². The molecule has 0 aliphatic heterocycles. The Bertz CT molecular complexity index is 1070. The van der Waals surface area contributed by atoms with Gasteiger partial charge in [-0.25, -0.2) is 4.39 Å². The van der Waals surface area contributed by atoms with Gasteiger partial charge in [0.05, 0.1) is 11.4 Å². The first-order valence-electron chi connectivity index (χ1n) is 9.18. The standard InChI is InChI=1S/C20H20ClFN6O2/c1-11(2)18(24-19(29)13-4-6-14(21)7-5-13)20(30)23-17-10-15(8-9-16(17)22)28-12(3)25-26-27-28/h4-11,18H,1-3H3,(H,23,30)(H,24,29). The van der Waals surface area contributed by atoms with Gasteiger partial charge in [0.15, 0.2) is 5.82 Å². The van der Waals surface area contributed by atoms with Crippen LogP contribution in [0.25, 0.3) is 5.69 Å². The predicted molar refractivity (Wildman–Crippen MR) is 110 cm³/mol. The summed E-state index contributed by atoms with van der Waals surface area (Å²) in [5.74, 6) is -1.33. The second-order valence-electron chi connectivity index (χ2n) is 6.99. The number of nitrogens with zero attached hydrogens (tertiary/aromatic N) is 4. The second-order valence-corrected chi connectivity index (χ2v) is 7.43. The van der Waals surface area contributed by atoms with E-state index >= 15 is 0 Å². The second kappa shape index (κ2) is 9.00. The molecule has 8 nitrogen and oxygen atoms in total. The summed E-state index contributed by atoms with van der Waals surface area (Å²) in [4.78, 5) is 25.3. The highest BCUT2D eigenvalue weighted by molar-refractivity contribution is 6.30. The van der Waals surface area contributed by atoms with Crippen LogP contribution in [0.1, 0.15) is 30.0 Å². The molecule has 1 atom stereocenters. The molecule has 0 bridgehead atoms. The minimum absolute atomic E-state index is 0.0428. The quantitative estimate of drug-likeness (QED) is 0.625. The Morgan fingerprint density at radius 2 is 1.83 bits per heavy atom. The maximum absolute atomic E-state index is 14.3. The smallest absolute Gasteiger partial charge is 0.251 e. The van der Waals surface area contributed by atoms with E-state index < -0.39 is 23.7 Å². The normalized spacial score (nSPS) is 11.9. The number of benzene rings is 2. The Morgan fingerprint density at radius 1 is 1.13 bits per heavy atom. The van der Waals surface area contributed by atoms with Crippen LogP contribution in [0, 0.1) is 18.7 Å². The summed E-state index contributed by atoms with van der Waals surface area (Å²) < 4.78 is 15.7. The number of amides is 2. The van der Waals surface area contributed by atoms with Gasteiger partial charge in [0.2, 0.25) is 5.91 Å². The van der Waals surface area contributed by atoms with Crippen molar-refractivity contribution in [2.45, 2.75) is 26.8 Å². The molecule has 1 unspecified atom stereocenters. The van der Waals surface area contributed by atoms with Crippen LogP contribution in [0.2, 0.25) is 5.02 Å². The third kappa shape index (κ3) is 4.80. The minimum atomic E-state index is -0.883. The van der Waals surface area contributed by atoms with Crippen molar-refractivity contribution in [3.63, 3.8) is 0 Å². The average Bonchev–Trinajstić information content (AvgIpc) is 3.13. The fourth-order valence-corrected chi connectivity index (χ4v) is 2.91. The highest BCUT2D eigenvalue weighted by Crippen LogP contribution is 2.20. The van der Waals surface area contributed by atoms with Crippen molar-refractivity contribution in [3.8, 4) is 5.69 Å². The van der Waals surface area contributed by atoms with Gasteiger partial charge in [-0.2, -0.15) is 4.68 Å². The number of halogens is 2. The molecule has 1 heterocycles. The lowest BCUT2D eigenvalue weighted by atomic mass is 10.0. The first-order chi connectivity index (χ1) is 14.3. The van der Waals surface area contributed by atoms with Crippen molar-refractivity contribution in [2.75, 3.05) is 5.32 Å². The monoisotopic (exact) mass is 430 g/mol. The van der Waals surface area contributed by atoms with Crippen LogP contribution in [-0.2, 0) is 4.79 Å². The van der Waals surface area contributed by atoms with E-state index in [0.29, 0.717) is 22.1 Å². The Morgan fingerprint density at radius 3 is 2.43 bits per heavy atom. The first-order valence-corrected chi connectivity index (χ1v) is 9.56. The van der Waals surface area contributed by atoms with Crippen molar-refractivity contribution >= 4 is 29.1 Å². The number of aromatic nitrogens is 4. The number of tetrazole rings is 1. The number of anilines is 1. The zero-order valence-corrected chi connectivity index (χ0v) is 17.3. The van der Waals surface area contributed by atoms with Gasteiger partial charge in [0, 0.05) is 10.6 Å². The molecule has 0 fully saturated rings. The van der Waals surface area contributed by atoms with E-state index in [4.69, 9.17) is 11.6 Å². The van der Waals surface area contributed by atoms with Gasteiger partial charge in [-0.3, -0.25) is 9.59 Å². The molecule has 0 aliphatic carbocycles. The van der Waals surface area contributed by atoms with Gasteiger partial charge < -0.3 is 10.6 Å². The zero-order valence-electron chi connectivity index (χ0n) is 16.6. The maximum Gasteiger partial charge on any atom is 0.251 e. The van der Waals surface area contributed by atoms with Crippen molar-refractivity contribution in [3.05, 3.63) is 64.7 Å². The van der Waals surface area contributed by atoms with Crippen LogP contribution in [0.4, 0.5) is 10.1 Å². The maximum atomic E-state index is 14.3. The highest BCUT2D eigenvalue weighted by atomic mass is 35.5. The highest BCUT2D eigenvalue weighted by Gasteiger charge is 2.25. The number of carbonyl (C=O) groups is 2. The van der Waals surface area contributed by atoms with E-state index in [0.717, 1.165) is 0 Å². The van der Waals surface area contributed by atoms with Crippen LogP contribution in [0.5, 0.6) is 0 Å². The molecule has 1 aromatic heterocycles. The Hall–Kier alpha value is -3.33. The van der Waals surface area contributed by atoms with Crippen LogP contribution in [0.15, 0.2) is 42.5 Å². The Kier molecular flexibility index (Phi) is 6.41. The lowest BCUT2D eigenvalue weighted by molar-refractivity contribution is -0.118. The molecule has 3 rings (SSSR count). The van der Waals surface area contributed by atoms with E-state index in [1.54, 1.807) is 45.0 Å². The number of carbonyl (C=O) groups excluding carboxylic acids is 2. The third-order valence-electron chi connectivity index (χ3n) is 4.42. The zero-order chi connectivity index (χ0) is 21.8. The molecule has 0 radical (unpaired) electrons. The van der Waals surface area contributed by atoms with Gasteiger partial charge in [-0.1, -0.05) is 25.4 Å². The molecule has 0 spiro atoms. The van der Waals surface area contributed by atoms with E-state index in [-0.39, 0.29) is 11.6 Å². The van der Waals surface area contributed by atoms with Crippen LogP contribution in [0.3, 0.4) is 0 Å². The number of rotatable bonds is 6. The summed E-state index contributed by atoms with van der Waals surface area (Å²) in [6, 6.07) is 9.54. The van der Waals surface area contributed by atoms with Crippen LogP contribution >= 0.6 is 11.6 Å². The molecule has 0 saturated heterocycles. The van der Waals surface area contributed by atoms with Crippen LogP contribution in [-0.4, -0.2) is 38.1 Å². The predicted octanol–water partition coefficient (Wildman–Crippen LogP) is 3.16. The van der Waals surface area contributed by atoms with Crippen molar-refractivity contribution in [1.82, 2.24) is 25.5 Å². The number of hydrogen-bond donors (Lipinski definition) is 2. The van der Waals surface area contributed by atoms with Crippen molar-refractivity contribution in [1.29, 1.82) is 0 Å². The van der Waals surface area contributed by atoms with Gasteiger partial charge in [-0.15, -0.1) is 5.10 Å².